The van der Waals surface area contributed by atoms with Crippen molar-refractivity contribution in [1.29, 1.82) is 0 Å². The SMILES string of the molecule is COc1ccc(Nc2ccc(OCc3ccccc3)cc2)c(C(=O)N2CCCCC2)c1. The second-order valence-electron chi connectivity index (χ2n) is 7.69. The lowest BCUT2D eigenvalue weighted by Crippen LogP contribution is -2.35. The van der Waals surface area contributed by atoms with E-state index in [0.717, 1.165) is 48.6 Å². The highest BCUT2D eigenvalue weighted by Crippen LogP contribution is 2.28. The Morgan fingerprint density at radius 1 is 0.903 bits per heavy atom. The molecule has 160 valence electrons. The van der Waals surface area contributed by atoms with Crippen LogP contribution in [0.2, 0.25) is 0 Å². The molecule has 0 saturated carbocycles. The van der Waals surface area contributed by atoms with Crippen LogP contribution in [0.5, 0.6) is 11.5 Å². The number of hydrogen-bond donors (Lipinski definition) is 1. The molecule has 1 saturated heterocycles. The maximum Gasteiger partial charge on any atom is 0.256 e. The Labute approximate surface area is 183 Å². The van der Waals surface area contributed by atoms with E-state index in [1.807, 2.05) is 77.7 Å². The molecule has 5 nitrogen and oxygen atoms in total. The summed E-state index contributed by atoms with van der Waals surface area (Å²) in [6, 6.07) is 23.4. The average Bonchev–Trinajstić information content (AvgIpc) is 2.84. The topological polar surface area (TPSA) is 50.8 Å². The lowest BCUT2D eigenvalue weighted by Gasteiger charge is -2.27. The predicted octanol–water partition coefficient (Wildman–Crippen LogP) is 5.64. The molecule has 1 amide bonds. The highest BCUT2D eigenvalue weighted by atomic mass is 16.5. The van der Waals surface area contributed by atoms with Crippen LogP contribution in [0.15, 0.2) is 72.8 Å². The van der Waals surface area contributed by atoms with Crippen LogP contribution in [0.1, 0.15) is 35.2 Å². The van der Waals surface area contributed by atoms with Gasteiger partial charge in [0.15, 0.2) is 0 Å². The fraction of sp³-hybridized carbons (Fsp3) is 0.269. The average molecular weight is 417 g/mol. The summed E-state index contributed by atoms with van der Waals surface area (Å²) in [6.07, 6.45) is 3.30. The molecule has 1 aliphatic heterocycles. The fourth-order valence-electron chi connectivity index (χ4n) is 3.73. The van der Waals surface area contributed by atoms with E-state index in [0.29, 0.717) is 17.9 Å². The molecule has 0 aliphatic carbocycles. The number of methoxy groups -OCH3 is 1. The van der Waals surface area contributed by atoms with E-state index in [1.165, 1.54) is 6.42 Å². The lowest BCUT2D eigenvalue weighted by molar-refractivity contribution is 0.0725. The first-order valence-electron chi connectivity index (χ1n) is 10.7. The maximum absolute atomic E-state index is 13.2. The van der Waals surface area contributed by atoms with E-state index >= 15 is 0 Å². The van der Waals surface area contributed by atoms with E-state index < -0.39 is 0 Å². The number of hydrogen-bond acceptors (Lipinski definition) is 4. The summed E-state index contributed by atoms with van der Waals surface area (Å²) in [7, 11) is 1.62. The molecular weight excluding hydrogens is 388 g/mol. The standard InChI is InChI=1S/C26H28N2O3/c1-30-23-14-15-25(24(18-23)26(29)28-16-6-3-7-17-28)27-21-10-12-22(13-11-21)31-19-20-8-4-2-5-9-20/h2,4-5,8-15,18,27H,3,6-7,16-17,19H2,1H3. The van der Waals surface area contributed by atoms with Crippen molar-refractivity contribution in [3.8, 4) is 11.5 Å². The minimum atomic E-state index is 0.0453. The molecule has 4 rings (SSSR count). The van der Waals surface area contributed by atoms with Gasteiger partial charge in [-0.1, -0.05) is 30.3 Å². The van der Waals surface area contributed by atoms with Crippen LogP contribution in [0, 0.1) is 0 Å². The zero-order valence-corrected chi connectivity index (χ0v) is 17.8. The molecule has 0 unspecified atom stereocenters. The Balaban J connectivity index is 1.47. The van der Waals surface area contributed by atoms with Crippen molar-refractivity contribution in [1.82, 2.24) is 4.90 Å². The van der Waals surface area contributed by atoms with Crippen molar-refractivity contribution >= 4 is 17.3 Å². The van der Waals surface area contributed by atoms with Gasteiger partial charge in [0.1, 0.15) is 18.1 Å². The first-order valence-corrected chi connectivity index (χ1v) is 10.7. The smallest absolute Gasteiger partial charge is 0.256 e. The zero-order valence-electron chi connectivity index (χ0n) is 17.8. The van der Waals surface area contributed by atoms with Crippen LogP contribution in [0.4, 0.5) is 11.4 Å². The molecule has 1 aliphatic rings. The van der Waals surface area contributed by atoms with E-state index in [4.69, 9.17) is 9.47 Å². The number of nitrogens with one attached hydrogen (secondary N) is 1. The van der Waals surface area contributed by atoms with E-state index in [-0.39, 0.29) is 5.91 Å². The molecule has 1 heterocycles. The van der Waals surface area contributed by atoms with Crippen molar-refractivity contribution in [2.75, 3.05) is 25.5 Å². The largest absolute Gasteiger partial charge is 0.497 e. The van der Waals surface area contributed by atoms with Gasteiger partial charge in [-0.3, -0.25) is 4.79 Å². The molecule has 0 spiro atoms. The third kappa shape index (κ3) is 5.37. The molecule has 0 aromatic heterocycles. The number of carbonyl (C=O) groups excluding carboxylic acids is 1. The first-order chi connectivity index (χ1) is 15.2. The van der Waals surface area contributed by atoms with Gasteiger partial charge >= 0.3 is 0 Å². The van der Waals surface area contributed by atoms with Crippen molar-refractivity contribution in [3.05, 3.63) is 83.9 Å². The van der Waals surface area contributed by atoms with E-state index in [1.54, 1.807) is 7.11 Å². The minimum Gasteiger partial charge on any atom is -0.497 e. The molecule has 0 atom stereocenters. The summed E-state index contributed by atoms with van der Waals surface area (Å²) in [6.45, 7) is 2.15. The van der Waals surface area contributed by atoms with Gasteiger partial charge in [-0.15, -0.1) is 0 Å². The third-order valence-corrected chi connectivity index (χ3v) is 5.48. The molecule has 1 N–H and O–H groups in total. The van der Waals surface area contributed by atoms with E-state index in [9.17, 15) is 4.79 Å². The van der Waals surface area contributed by atoms with Crippen LogP contribution < -0.4 is 14.8 Å². The fourth-order valence-corrected chi connectivity index (χ4v) is 3.73. The number of amides is 1. The Bertz CT molecular complexity index is 997. The zero-order chi connectivity index (χ0) is 21.5. The molecule has 0 radical (unpaired) electrons. The molecule has 0 bridgehead atoms. The lowest BCUT2D eigenvalue weighted by atomic mass is 10.1. The number of benzene rings is 3. The van der Waals surface area contributed by atoms with Gasteiger partial charge < -0.3 is 19.7 Å². The summed E-state index contributed by atoms with van der Waals surface area (Å²) >= 11 is 0. The summed E-state index contributed by atoms with van der Waals surface area (Å²) in [5.41, 5.74) is 3.42. The van der Waals surface area contributed by atoms with Gasteiger partial charge in [0.25, 0.3) is 5.91 Å². The molecular formula is C26H28N2O3. The number of nitrogens with zero attached hydrogens (tertiary/aromatic N) is 1. The monoisotopic (exact) mass is 416 g/mol. The summed E-state index contributed by atoms with van der Waals surface area (Å²) in [5.74, 6) is 1.52. The molecule has 5 heteroatoms. The predicted molar refractivity (Wildman–Crippen MR) is 123 cm³/mol. The molecule has 1 fully saturated rings. The number of likely N-dealkylation sites (tertiary alicyclic amines) is 1. The Kier molecular flexibility index (Phi) is 6.72. The van der Waals surface area contributed by atoms with Crippen LogP contribution in [-0.4, -0.2) is 31.0 Å². The maximum atomic E-state index is 13.2. The summed E-state index contributed by atoms with van der Waals surface area (Å²) < 4.78 is 11.2. The number of carbonyl (C=O) groups is 1. The normalized spacial score (nSPS) is 13.5. The Morgan fingerprint density at radius 2 is 1.61 bits per heavy atom. The highest BCUT2D eigenvalue weighted by molar-refractivity contribution is 6.00. The molecule has 3 aromatic rings. The highest BCUT2D eigenvalue weighted by Gasteiger charge is 2.21. The molecule has 3 aromatic carbocycles. The van der Waals surface area contributed by atoms with Gasteiger partial charge in [0, 0.05) is 18.8 Å². The number of piperidine rings is 1. The number of ether oxygens (including phenoxy) is 2. The van der Waals surface area contributed by atoms with Gasteiger partial charge in [0.05, 0.1) is 18.4 Å². The van der Waals surface area contributed by atoms with Crippen LogP contribution in [0.3, 0.4) is 0 Å². The first kappa shape index (κ1) is 20.8. The van der Waals surface area contributed by atoms with Crippen molar-refractivity contribution in [3.63, 3.8) is 0 Å². The van der Waals surface area contributed by atoms with E-state index in [2.05, 4.69) is 5.32 Å². The Morgan fingerprint density at radius 3 is 2.32 bits per heavy atom. The van der Waals surface area contributed by atoms with Gasteiger partial charge in [-0.25, -0.2) is 0 Å². The second-order valence-corrected chi connectivity index (χ2v) is 7.69. The van der Waals surface area contributed by atoms with Gasteiger partial charge in [-0.05, 0) is 67.3 Å². The molecule has 31 heavy (non-hydrogen) atoms. The quantitative estimate of drug-likeness (QED) is 0.541. The minimum absolute atomic E-state index is 0.0453. The number of rotatable bonds is 7. The summed E-state index contributed by atoms with van der Waals surface area (Å²) in [5, 5.41) is 3.39. The Hall–Kier alpha value is -3.47. The third-order valence-electron chi connectivity index (χ3n) is 5.48. The van der Waals surface area contributed by atoms with Gasteiger partial charge in [0.2, 0.25) is 0 Å². The van der Waals surface area contributed by atoms with Crippen LogP contribution in [0.25, 0.3) is 0 Å². The van der Waals surface area contributed by atoms with Crippen LogP contribution >= 0.6 is 0 Å². The number of anilines is 2. The second kappa shape index (κ2) is 10.0. The van der Waals surface area contributed by atoms with Crippen LogP contribution in [-0.2, 0) is 6.61 Å². The van der Waals surface area contributed by atoms with Crippen molar-refractivity contribution < 1.29 is 14.3 Å². The summed E-state index contributed by atoms with van der Waals surface area (Å²) in [4.78, 5) is 15.1. The van der Waals surface area contributed by atoms with Gasteiger partial charge in [-0.2, -0.15) is 0 Å². The van der Waals surface area contributed by atoms with Crippen molar-refractivity contribution in [2.24, 2.45) is 0 Å². The van der Waals surface area contributed by atoms with Crippen molar-refractivity contribution in [2.45, 2.75) is 25.9 Å².